The van der Waals surface area contributed by atoms with Gasteiger partial charge >= 0.3 is 6.03 Å². The van der Waals surface area contributed by atoms with Gasteiger partial charge < -0.3 is 15.6 Å². The van der Waals surface area contributed by atoms with E-state index in [0.29, 0.717) is 0 Å². The Labute approximate surface area is 160 Å². The van der Waals surface area contributed by atoms with Crippen molar-refractivity contribution in [2.75, 3.05) is 5.32 Å². The second-order valence-corrected chi connectivity index (χ2v) is 8.66. The van der Waals surface area contributed by atoms with Crippen molar-refractivity contribution in [1.29, 1.82) is 0 Å². The van der Waals surface area contributed by atoms with Crippen LogP contribution in [0.3, 0.4) is 0 Å². The number of carbonyl (C=O) groups is 1. The van der Waals surface area contributed by atoms with Crippen LogP contribution in [-0.2, 0) is 18.3 Å². The van der Waals surface area contributed by atoms with E-state index in [1.54, 1.807) is 0 Å². The number of urea groups is 1. The lowest BCUT2D eigenvalue weighted by atomic mass is 9.87. The van der Waals surface area contributed by atoms with Crippen molar-refractivity contribution in [3.8, 4) is 0 Å². The number of carbonyl (C=O) groups excluding carboxylic acids is 1. The molecule has 4 heteroatoms. The SMILES string of the molecule is Cc1ccc2[nH]c3c(c2c1)CC(NC(=O)Nc1ccc(C(C)(C)C)cc1)C3. The van der Waals surface area contributed by atoms with Crippen LogP contribution in [0.2, 0.25) is 0 Å². The van der Waals surface area contributed by atoms with Crippen molar-refractivity contribution in [2.24, 2.45) is 0 Å². The Hall–Kier alpha value is -2.75. The molecule has 0 fully saturated rings. The minimum atomic E-state index is -0.144. The third-order valence-corrected chi connectivity index (χ3v) is 5.40. The lowest BCUT2D eigenvalue weighted by Gasteiger charge is -2.19. The van der Waals surface area contributed by atoms with Gasteiger partial charge in [0.1, 0.15) is 0 Å². The van der Waals surface area contributed by atoms with Crippen molar-refractivity contribution in [1.82, 2.24) is 10.3 Å². The Bertz CT molecular complexity index is 993. The highest BCUT2D eigenvalue weighted by Crippen LogP contribution is 2.31. The molecule has 3 aromatic rings. The van der Waals surface area contributed by atoms with Gasteiger partial charge in [-0.1, -0.05) is 44.5 Å². The first-order valence-corrected chi connectivity index (χ1v) is 9.58. The first-order chi connectivity index (χ1) is 12.8. The van der Waals surface area contributed by atoms with E-state index in [4.69, 9.17) is 0 Å². The fraction of sp³-hybridized carbons (Fsp3) is 0.348. The monoisotopic (exact) mass is 361 g/mol. The summed E-state index contributed by atoms with van der Waals surface area (Å²) in [4.78, 5) is 15.9. The van der Waals surface area contributed by atoms with E-state index in [1.807, 2.05) is 12.1 Å². The number of aromatic nitrogens is 1. The van der Waals surface area contributed by atoms with Gasteiger partial charge in [-0.25, -0.2) is 4.79 Å². The average Bonchev–Trinajstić information content (AvgIpc) is 3.12. The molecular weight excluding hydrogens is 334 g/mol. The maximum Gasteiger partial charge on any atom is 0.319 e. The molecular formula is C23H27N3O. The molecule has 140 valence electrons. The summed E-state index contributed by atoms with van der Waals surface area (Å²) in [5.41, 5.74) is 7.22. The fourth-order valence-electron chi connectivity index (χ4n) is 3.90. The van der Waals surface area contributed by atoms with Crippen molar-refractivity contribution < 1.29 is 4.79 Å². The molecule has 2 amide bonds. The zero-order valence-corrected chi connectivity index (χ0v) is 16.4. The maximum absolute atomic E-state index is 12.4. The molecule has 0 spiro atoms. The smallest absolute Gasteiger partial charge is 0.319 e. The van der Waals surface area contributed by atoms with E-state index < -0.39 is 0 Å². The number of fused-ring (bicyclic) bond motifs is 3. The van der Waals surface area contributed by atoms with Gasteiger partial charge in [-0.3, -0.25) is 0 Å². The Morgan fingerprint density at radius 2 is 1.81 bits per heavy atom. The van der Waals surface area contributed by atoms with E-state index in [-0.39, 0.29) is 17.5 Å². The zero-order valence-electron chi connectivity index (χ0n) is 16.4. The summed E-state index contributed by atoms with van der Waals surface area (Å²) in [5.74, 6) is 0. The molecule has 1 heterocycles. The molecule has 3 N–H and O–H groups in total. The van der Waals surface area contributed by atoms with Crippen molar-refractivity contribution >= 4 is 22.6 Å². The van der Waals surface area contributed by atoms with Crippen LogP contribution in [0.25, 0.3) is 10.9 Å². The number of hydrogen-bond acceptors (Lipinski definition) is 1. The number of H-pyrrole nitrogens is 1. The third kappa shape index (κ3) is 3.57. The molecule has 0 aliphatic heterocycles. The van der Waals surface area contributed by atoms with Crippen LogP contribution in [0.4, 0.5) is 10.5 Å². The van der Waals surface area contributed by atoms with Crippen LogP contribution in [0.5, 0.6) is 0 Å². The largest absolute Gasteiger partial charge is 0.358 e. The summed E-state index contributed by atoms with van der Waals surface area (Å²) in [6.07, 6.45) is 1.72. The predicted molar refractivity (Wildman–Crippen MR) is 112 cm³/mol. The fourth-order valence-corrected chi connectivity index (χ4v) is 3.90. The molecule has 0 saturated heterocycles. The van der Waals surface area contributed by atoms with Gasteiger partial charge in [0.25, 0.3) is 0 Å². The molecule has 1 unspecified atom stereocenters. The molecule has 27 heavy (non-hydrogen) atoms. The van der Waals surface area contributed by atoms with Crippen LogP contribution in [0, 0.1) is 6.92 Å². The van der Waals surface area contributed by atoms with Gasteiger partial charge in [0, 0.05) is 34.7 Å². The summed E-state index contributed by atoms with van der Waals surface area (Å²) < 4.78 is 0. The third-order valence-electron chi connectivity index (χ3n) is 5.40. The number of amides is 2. The zero-order chi connectivity index (χ0) is 19.2. The first-order valence-electron chi connectivity index (χ1n) is 9.58. The minimum absolute atomic E-state index is 0.110. The van der Waals surface area contributed by atoms with E-state index in [2.05, 4.69) is 73.6 Å². The van der Waals surface area contributed by atoms with Gasteiger partial charge in [-0.2, -0.15) is 0 Å². The van der Waals surface area contributed by atoms with Crippen LogP contribution in [-0.4, -0.2) is 17.1 Å². The Morgan fingerprint density at radius 1 is 1.07 bits per heavy atom. The molecule has 1 atom stereocenters. The van der Waals surface area contributed by atoms with Crippen LogP contribution in [0.1, 0.15) is 43.2 Å². The standard InChI is InChI=1S/C23H27N3O/c1-14-5-10-20-18(11-14)19-12-17(13-21(19)26-20)25-22(27)24-16-8-6-15(7-9-16)23(2,3)4/h5-11,17,26H,12-13H2,1-4H3,(H2,24,25,27). The second kappa shape index (κ2) is 6.45. The number of aromatic amines is 1. The molecule has 4 nitrogen and oxygen atoms in total. The molecule has 4 rings (SSSR count). The van der Waals surface area contributed by atoms with Gasteiger partial charge in [0.05, 0.1) is 0 Å². The number of rotatable bonds is 2. The normalized spacial score (nSPS) is 16.4. The van der Waals surface area contributed by atoms with E-state index >= 15 is 0 Å². The quantitative estimate of drug-likeness (QED) is 0.587. The van der Waals surface area contributed by atoms with E-state index in [0.717, 1.165) is 18.5 Å². The number of hydrogen-bond donors (Lipinski definition) is 3. The van der Waals surface area contributed by atoms with Gasteiger partial charge in [0.2, 0.25) is 0 Å². The molecule has 1 aliphatic rings. The van der Waals surface area contributed by atoms with Crippen LogP contribution in [0.15, 0.2) is 42.5 Å². The van der Waals surface area contributed by atoms with Gasteiger partial charge in [0.15, 0.2) is 0 Å². The molecule has 1 aromatic heterocycles. The number of anilines is 1. The summed E-state index contributed by atoms with van der Waals surface area (Å²) in [6.45, 7) is 8.66. The summed E-state index contributed by atoms with van der Waals surface area (Å²) in [7, 11) is 0. The molecule has 0 radical (unpaired) electrons. The summed E-state index contributed by atoms with van der Waals surface area (Å²) in [5, 5.41) is 7.35. The second-order valence-electron chi connectivity index (χ2n) is 8.66. The molecule has 1 aliphatic carbocycles. The lowest BCUT2D eigenvalue weighted by Crippen LogP contribution is -2.38. The Morgan fingerprint density at radius 3 is 2.52 bits per heavy atom. The summed E-state index contributed by atoms with van der Waals surface area (Å²) in [6, 6.07) is 14.6. The topological polar surface area (TPSA) is 56.9 Å². The van der Waals surface area contributed by atoms with E-state index in [9.17, 15) is 4.79 Å². The average molecular weight is 361 g/mol. The molecule has 2 aromatic carbocycles. The van der Waals surface area contributed by atoms with Crippen molar-refractivity contribution in [3.63, 3.8) is 0 Å². The summed E-state index contributed by atoms with van der Waals surface area (Å²) >= 11 is 0. The van der Waals surface area contributed by atoms with Gasteiger partial charge in [-0.15, -0.1) is 0 Å². The Balaban J connectivity index is 1.39. The lowest BCUT2D eigenvalue weighted by molar-refractivity contribution is 0.249. The number of benzene rings is 2. The van der Waals surface area contributed by atoms with Crippen LogP contribution < -0.4 is 10.6 Å². The minimum Gasteiger partial charge on any atom is -0.358 e. The predicted octanol–water partition coefficient (Wildman–Crippen LogP) is 5.06. The highest BCUT2D eigenvalue weighted by atomic mass is 16.2. The van der Waals surface area contributed by atoms with Crippen LogP contribution >= 0.6 is 0 Å². The van der Waals surface area contributed by atoms with Crippen molar-refractivity contribution in [2.45, 2.75) is 52.0 Å². The maximum atomic E-state index is 12.4. The molecule has 0 bridgehead atoms. The van der Waals surface area contributed by atoms with Crippen molar-refractivity contribution in [3.05, 3.63) is 64.8 Å². The van der Waals surface area contributed by atoms with E-state index in [1.165, 1.54) is 33.3 Å². The number of aryl methyl sites for hydroxylation is 1. The van der Waals surface area contributed by atoms with Gasteiger partial charge in [-0.05, 0) is 54.2 Å². The first kappa shape index (κ1) is 17.7. The molecule has 0 saturated carbocycles. The highest BCUT2D eigenvalue weighted by molar-refractivity contribution is 5.90. The number of nitrogens with one attached hydrogen (secondary N) is 3. The Kier molecular flexibility index (Phi) is 4.22. The highest BCUT2D eigenvalue weighted by Gasteiger charge is 2.26.